The molecule has 2 nitrogen and oxygen atoms in total. The Balaban J connectivity index is 1.92. The molecule has 1 fully saturated rings. The van der Waals surface area contributed by atoms with Gasteiger partial charge in [0, 0.05) is 11.1 Å². The molecule has 31 heavy (non-hydrogen) atoms. The second kappa shape index (κ2) is 8.03. The van der Waals surface area contributed by atoms with E-state index in [9.17, 15) is 22.4 Å². The normalized spacial score (nSPS) is 18.8. The molecule has 1 aliphatic carbocycles. The lowest BCUT2D eigenvalue weighted by Crippen LogP contribution is -2.17. The van der Waals surface area contributed by atoms with Crippen LogP contribution < -0.4 is 0 Å². The molecule has 0 saturated heterocycles. The SMILES string of the molecule is C#CC(OC(=O)C1C(C)(C)C1(C)C)c1ccc(F)c(C(c2ccc(F)cc2)C(F)F)c1. The molecular weight excluding hydrogens is 408 g/mol. The van der Waals surface area contributed by atoms with E-state index in [0.717, 1.165) is 18.2 Å². The summed E-state index contributed by atoms with van der Waals surface area (Å²) in [7, 11) is 0. The van der Waals surface area contributed by atoms with Crippen LogP contribution in [-0.2, 0) is 9.53 Å². The van der Waals surface area contributed by atoms with Crippen LogP contribution in [0.4, 0.5) is 17.6 Å². The van der Waals surface area contributed by atoms with E-state index in [1.165, 1.54) is 24.3 Å². The van der Waals surface area contributed by atoms with Crippen molar-refractivity contribution in [2.45, 2.75) is 46.1 Å². The van der Waals surface area contributed by atoms with E-state index >= 15 is 0 Å². The number of halogens is 4. The molecular formula is C25H24F4O2. The van der Waals surface area contributed by atoms with Gasteiger partial charge in [-0.1, -0.05) is 51.8 Å². The van der Waals surface area contributed by atoms with Crippen LogP contribution in [-0.4, -0.2) is 12.4 Å². The van der Waals surface area contributed by atoms with E-state index in [-0.39, 0.29) is 33.4 Å². The first-order valence-electron chi connectivity index (χ1n) is 9.91. The summed E-state index contributed by atoms with van der Waals surface area (Å²) in [5, 5.41) is 0. The van der Waals surface area contributed by atoms with Crippen molar-refractivity contribution < 1.29 is 27.1 Å². The molecule has 0 aromatic heterocycles. The molecule has 0 heterocycles. The molecule has 0 bridgehead atoms. The highest BCUT2D eigenvalue weighted by Gasteiger charge is 2.69. The highest BCUT2D eigenvalue weighted by molar-refractivity contribution is 5.79. The van der Waals surface area contributed by atoms with Crippen LogP contribution in [0.2, 0.25) is 0 Å². The Morgan fingerprint density at radius 3 is 2.03 bits per heavy atom. The molecule has 0 spiro atoms. The third-order valence-corrected chi connectivity index (χ3v) is 6.78. The number of rotatable bonds is 6. The Kier molecular flexibility index (Phi) is 5.92. The van der Waals surface area contributed by atoms with E-state index in [4.69, 9.17) is 11.2 Å². The number of benzene rings is 2. The summed E-state index contributed by atoms with van der Waals surface area (Å²) in [6.45, 7) is 7.82. The molecule has 6 heteroatoms. The minimum atomic E-state index is -2.95. The topological polar surface area (TPSA) is 26.3 Å². The van der Waals surface area contributed by atoms with Gasteiger partial charge in [-0.3, -0.25) is 4.79 Å². The van der Waals surface area contributed by atoms with Gasteiger partial charge in [0.25, 0.3) is 0 Å². The van der Waals surface area contributed by atoms with Crippen LogP contribution in [0.5, 0.6) is 0 Å². The molecule has 2 aromatic carbocycles. The number of hydrogen-bond donors (Lipinski definition) is 0. The van der Waals surface area contributed by atoms with E-state index in [1.54, 1.807) is 0 Å². The van der Waals surface area contributed by atoms with Crippen LogP contribution in [0.25, 0.3) is 0 Å². The molecule has 1 saturated carbocycles. The zero-order valence-electron chi connectivity index (χ0n) is 17.8. The minimum Gasteiger partial charge on any atom is -0.444 e. The van der Waals surface area contributed by atoms with Gasteiger partial charge >= 0.3 is 5.97 Å². The lowest BCUT2D eigenvalue weighted by atomic mass is 9.89. The van der Waals surface area contributed by atoms with Crippen LogP contribution in [0.1, 0.15) is 56.4 Å². The quantitative estimate of drug-likeness (QED) is 0.306. The number of alkyl halides is 2. The Morgan fingerprint density at radius 1 is 1.00 bits per heavy atom. The summed E-state index contributed by atoms with van der Waals surface area (Å²) < 4.78 is 61.0. The van der Waals surface area contributed by atoms with Crippen molar-refractivity contribution in [3.8, 4) is 12.3 Å². The maximum Gasteiger partial charge on any atom is 0.311 e. The zero-order chi connectivity index (χ0) is 23.1. The molecule has 164 valence electrons. The summed E-state index contributed by atoms with van der Waals surface area (Å²) in [5.41, 5.74) is -0.553. The van der Waals surface area contributed by atoms with E-state index in [2.05, 4.69) is 5.92 Å². The summed E-state index contributed by atoms with van der Waals surface area (Å²) >= 11 is 0. The van der Waals surface area contributed by atoms with Gasteiger partial charge in [-0.05, 0) is 40.7 Å². The van der Waals surface area contributed by atoms with Gasteiger partial charge in [-0.25, -0.2) is 17.6 Å². The predicted molar refractivity (Wildman–Crippen MR) is 109 cm³/mol. The summed E-state index contributed by atoms with van der Waals surface area (Å²) in [6.07, 6.45) is 1.45. The van der Waals surface area contributed by atoms with Gasteiger partial charge in [-0.15, -0.1) is 6.42 Å². The van der Waals surface area contributed by atoms with Crippen molar-refractivity contribution in [2.24, 2.45) is 16.7 Å². The van der Waals surface area contributed by atoms with Crippen molar-refractivity contribution >= 4 is 5.97 Å². The van der Waals surface area contributed by atoms with Crippen LogP contribution in [0.3, 0.4) is 0 Å². The number of terminal acetylenes is 1. The molecule has 0 amide bonds. The van der Waals surface area contributed by atoms with E-state index in [1.807, 2.05) is 27.7 Å². The van der Waals surface area contributed by atoms with Gasteiger partial charge in [-0.2, -0.15) is 0 Å². The Morgan fingerprint density at radius 2 is 1.55 bits per heavy atom. The number of hydrogen-bond acceptors (Lipinski definition) is 2. The Bertz CT molecular complexity index is 1000. The fraction of sp³-hybridized carbons (Fsp3) is 0.400. The number of carbonyl (C=O) groups excluding carboxylic acids is 1. The van der Waals surface area contributed by atoms with Gasteiger partial charge in [0.05, 0.1) is 11.8 Å². The molecule has 3 rings (SSSR count). The monoisotopic (exact) mass is 432 g/mol. The zero-order valence-corrected chi connectivity index (χ0v) is 17.8. The first kappa shape index (κ1) is 22.9. The van der Waals surface area contributed by atoms with Gasteiger partial charge in [0.1, 0.15) is 11.6 Å². The standard InChI is InChI=1S/C25H24F4O2/c1-6-19(31-23(30)21-24(2,3)25(21,4)5)15-9-12-18(27)17(13-15)20(22(28)29)14-7-10-16(26)11-8-14/h1,7-13,19-22H,2-5H3. The summed E-state index contributed by atoms with van der Waals surface area (Å²) in [4.78, 5) is 12.7. The summed E-state index contributed by atoms with van der Waals surface area (Å²) in [6, 6.07) is 7.98. The second-order valence-electron chi connectivity index (χ2n) is 9.00. The van der Waals surface area contributed by atoms with Gasteiger partial charge in [0.2, 0.25) is 6.43 Å². The smallest absolute Gasteiger partial charge is 0.311 e. The Hall–Kier alpha value is -2.81. The largest absolute Gasteiger partial charge is 0.444 e. The number of esters is 1. The Labute approximate surface area is 179 Å². The molecule has 1 aliphatic rings. The highest BCUT2D eigenvalue weighted by Crippen LogP contribution is 2.68. The molecule has 2 unspecified atom stereocenters. The van der Waals surface area contributed by atoms with Crippen LogP contribution >= 0.6 is 0 Å². The predicted octanol–water partition coefficient (Wildman–Crippen LogP) is 6.26. The first-order chi connectivity index (χ1) is 14.4. The van der Waals surface area contributed by atoms with Gasteiger partial charge in [0.15, 0.2) is 6.10 Å². The lowest BCUT2D eigenvalue weighted by molar-refractivity contribution is -0.149. The molecule has 0 aliphatic heterocycles. The van der Waals surface area contributed by atoms with E-state index < -0.39 is 36.1 Å². The number of carbonyl (C=O) groups is 1. The van der Waals surface area contributed by atoms with E-state index in [0.29, 0.717) is 0 Å². The lowest BCUT2D eigenvalue weighted by Gasteiger charge is -2.20. The maximum atomic E-state index is 14.5. The van der Waals surface area contributed by atoms with Crippen molar-refractivity contribution in [3.63, 3.8) is 0 Å². The second-order valence-corrected chi connectivity index (χ2v) is 9.00. The molecule has 2 aromatic rings. The minimum absolute atomic E-state index is 0.0585. The van der Waals surface area contributed by atoms with Crippen molar-refractivity contribution in [1.82, 2.24) is 0 Å². The van der Waals surface area contributed by atoms with Crippen molar-refractivity contribution in [1.29, 1.82) is 0 Å². The fourth-order valence-corrected chi connectivity index (χ4v) is 4.26. The average Bonchev–Trinajstić information content (AvgIpc) is 3.11. The highest BCUT2D eigenvalue weighted by atomic mass is 19.3. The average molecular weight is 432 g/mol. The van der Waals surface area contributed by atoms with Crippen LogP contribution in [0, 0.1) is 40.7 Å². The van der Waals surface area contributed by atoms with Crippen molar-refractivity contribution in [3.05, 3.63) is 70.8 Å². The molecule has 2 atom stereocenters. The molecule has 0 radical (unpaired) electrons. The van der Waals surface area contributed by atoms with Crippen molar-refractivity contribution in [2.75, 3.05) is 0 Å². The summed E-state index contributed by atoms with van der Waals surface area (Å²) in [5.74, 6) is -1.56. The third kappa shape index (κ3) is 4.06. The third-order valence-electron chi connectivity index (χ3n) is 6.78. The number of ether oxygens (including phenoxy) is 1. The van der Waals surface area contributed by atoms with Crippen LogP contribution in [0.15, 0.2) is 42.5 Å². The first-order valence-corrected chi connectivity index (χ1v) is 9.91. The fourth-order valence-electron chi connectivity index (χ4n) is 4.26. The maximum absolute atomic E-state index is 14.5. The van der Waals surface area contributed by atoms with Gasteiger partial charge < -0.3 is 4.74 Å². The molecule has 0 N–H and O–H groups in total.